The summed E-state index contributed by atoms with van der Waals surface area (Å²) >= 11 is 1.38. The Morgan fingerprint density at radius 1 is 1.39 bits per heavy atom. The topological polar surface area (TPSA) is 58.6 Å². The Balaban J connectivity index is 1.66. The van der Waals surface area contributed by atoms with E-state index in [2.05, 4.69) is 5.32 Å². The van der Waals surface area contributed by atoms with Crippen LogP contribution in [0.3, 0.4) is 0 Å². The predicted molar refractivity (Wildman–Crippen MR) is 81.3 cm³/mol. The van der Waals surface area contributed by atoms with E-state index in [4.69, 9.17) is 4.74 Å². The third-order valence-electron chi connectivity index (χ3n) is 3.64. The van der Waals surface area contributed by atoms with Gasteiger partial charge in [-0.05, 0) is 23.8 Å². The minimum Gasteiger partial charge on any atom is -0.386 e. The molecule has 4 nitrogen and oxygen atoms in total. The largest absolute Gasteiger partial charge is 0.386 e. The molecule has 2 aromatic rings. The average molecular weight is 339 g/mol. The molecule has 1 amide bonds. The van der Waals surface area contributed by atoms with Crippen LogP contribution in [0.25, 0.3) is 0 Å². The second kappa shape index (κ2) is 6.74. The summed E-state index contributed by atoms with van der Waals surface area (Å²) in [6.45, 7) is 0.859. The summed E-state index contributed by atoms with van der Waals surface area (Å²) in [5.41, 5.74) is 0.554. The number of carbonyl (C=O) groups excluding carboxylic acids is 1. The normalized spacial score (nSPS) is 15.1. The first-order chi connectivity index (χ1) is 11.1. The number of amides is 1. The first-order valence-corrected chi connectivity index (χ1v) is 7.97. The van der Waals surface area contributed by atoms with Crippen molar-refractivity contribution in [3.8, 4) is 0 Å². The SMILES string of the molecule is O=C(NCC(O)c1c(F)cccc1F)c1cc2c(s1)CCOC2. The molecule has 3 rings (SSSR count). The number of aliphatic hydroxyl groups is 1. The molecule has 23 heavy (non-hydrogen) atoms. The van der Waals surface area contributed by atoms with Crippen LogP contribution in [0.2, 0.25) is 0 Å². The first-order valence-electron chi connectivity index (χ1n) is 7.15. The molecule has 0 aliphatic carbocycles. The molecule has 122 valence electrons. The molecule has 0 spiro atoms. The zero-order valence-corrected chi connectivity index (χ0v) is 13.0. The monoisotopic (exact) mass is 339 g/mol. The second-order valence-corrected chi connectivity index (χ2v) is 6.36. The van der Waals surface area contributed by atoms with Gasteiger partial charge < -0.3 is 15.2 Å². The lowest BCUT2D eigenvalue weighted by molar-refractivity contribution is 0.0915. The van der Waals surface area contributed by atoms with E-state index in [1.54, 1.807) is 6.07 Å². The number of thiophene rings is 1. The highest BCUT2D eigenvalue weighted by molar-refractivity contribution is 7.14. The van der Waals surface area contributed by atoms with Crippen molar-refractivity contribution in [3.05, 3.63) is 56.8 Å². The molecule has 7 heteroatoms. The van der Waals surface area contributed by atoms with Crippen LogP contribution in [0.15, 0.2) is 24.3 Å². The predicted octanol–water partition coefficient (Wildman–Crippen LogP) is 2.56. The lowest BCUT2D eigenvalue weighted by atomic mass is 10.1. The molecule has 1 aliphatic rings. The Morgan fingerprint density at radius 2 is 2.13 bits per heavy atom. The second-order valence-electron chi connectivity index (χ2n) is 5.22. The number of hydrogen-bond donors (Lipinski definition) is 2. The Bertz CT molecular complexity index is 688. The lowest BCUT2D eigenvalue weighted by Crippen LogP contribution is -2.28. The summed E-state index contributed by atoms with van der Waals surface area (Å²) in [5, 5.41) is 12.4. The van der Waals surface area contributed by atoms with Crippen LogP contribution in [0.1, 0.15) is 31.8 Å². The number of aliphatic hydroxyl groups excluding tert-OH is 1. The van der Waals surface area contributed by atoms with Crippen LogP contribution < -0.4 is 5.32 Å². The van der Waals surface area contributed by atoms with Crippen molar-refractivity contribution in [3.63, 3.8) is 0 Å². The Kier molecular flexibility index (Phi) is 4.70. The van der Waals surface area contributed by atoms with Gasteiger partial charge in [-0.15, -0.1) is 11.3 Å². The van der Waals surface area contributed by atoms with Gasteiger partial charge in [0.05, 0.1) is 23.7 Å². The van der Waals surface area contributed by atoms with E-state index in [0.29, 0.717) is 18.1 Å². The summed E-state index contributed by atoms with van der Waals surface area (Å²) < 4.78 is 32.5. The van der Waals surface area contributed by atoms with Gasteiger partial charge in [-0.2, -0.15) is 0 Å². The molecular formula is C16H15F2NO3S. The molecule has 1 aromatic carbocycles. The van der Waals surface area contributed by atoms with Gasteiger partial charge in [0.25, 0.3) is 5.91 Å². The van der Waals surface area contributed by atoms with Crippen molar-refractivity contribution < 1.29 is 23.4 Å². The van der Waals surface area contributed by atoms with E-state index in [1.807, 2.05) is 0 Å². The Morgan fingerprint density at radius 3 is 2.83 bits per heavy atom. The molecule has 1 unspecified atom stereocenters. The maximum atomic E-state index is 13.6. The number of rotatable bonds is 4. The summed E-state index contributed by atoms with van der Waals surface area (Å²) in [7, 11) is 0. The van der Waals surface area contributed by atoms with Crippen molar-refractivity contribution in [2.45, 2.75) is 19.1 Å². The number of nitrogens with one attached hydrogen (secondary N) is 1. The Labute approximate surface area is 135 Å². The quantitative estimate of drug-likeness (QED) is 0.900. The molecule has 0 bridgehead atoms. The van der Waals surface area contributed by atoms with Crippen LogP contribution in [-0.4, -0.2) is 24.2 Å². The van der Waals surface area contributed by atoms with Gasteiger partial charge in [-0.1, -0.05) is 6.07 Å². The molecule has 0 saturated carbocycles. The van der Waals surface area contributed by atoms with Gasteiger partial charge in [0, 0.05) is 17.8 Å². The van der Waals surface area contributed by atoms with Gasteiger partial charge >= 0.3 is 0 Å². The third-order valence-corrected chi connectivity index (χ3v) is 4.88. The fraction of sp³-hybridized carbons (Fsp3) is 0.312. The summed E-state index contributed by atoms with van der Waals surface area (Å²) in [6.07, 6.45) is -0.672. The van der Waals surface area contributed by atoms with Gasteiger partial charge in [-0.25, -0.2) is 8.78 Å². The zero-order chi connectivity index (χ0) is 16.4. The van der Waals surface area contributed by atoms with Crippen molar-refractivity contribution in [1.82, 2.24) is 5.32 Å². The average Bonchev–Trinajstić information content (AvgIpc) is 2.96. The molecule has 2 N–H and O–H groups in total. The molecular weight excluding hydrogens is 324 g/mol. The summed E-state index contributed by atoms with van der Waals surface area (Å²) in [6, 6.07) is 5.11. The van der Waals surface area contributed by atoms with Crippen LogP contribution in [0, 0.1) is 11.6 Å². The third kappa shape index (κ3) is 3.41. The Hall–Kier alpha value is -1.83. The van der Waals surface area contributed by atoms with Crippen LogP contribution >= 0.6 is 11.3 Å². The highest BCUT2D eigenvalue weighted by Crippen LogP contribution is 2.27. The van der Waals surface area contributed by atoms with Gasteiger partial charge in [0.2, 0.25) is 0 Å². The van der Waals surface area contributed by atoms with E-state index in [0.717, 1.165) is 29.0 Å². The van der Waals surface area contributed by atoms with Crippen molar-refractivity contribution in [2.75, 3.05) is 13.2 Å². The number of ether oxygens (including phenoxy) is 1. The van der Waals surface area contributed by atoms with E-state index < -0.39 is 23.3 Å². The zero-order valence-electron chi connectivity index (χ0n) is 12.1. The maximum absolute atomic E-state index is 13.6. The standard InChI is InChI=1S/C16H15F2NO3S/c17-10-2-1-3-11(18)15(10)12(20)7-19-16(21)14-6-9-8-22-5-4-13(9)23-14/h1-3,6,12,20H,4-5,7-8H2,(H,19,21). The number of benzene rings is 1. The summed E-state index contributed by atoms with van der Waals surface area (Å²) in [5.74, 6) is -2.05. The van der Waals surface area contributed by atoms with Gasteiger partial charge in [0.15, 0.2) is 0 Å². The minimum atomic E-state index is -1.45. The lowest BCUT2D eigenvalue weighted by Gasteiger charge is -2.13. The van der Waals surface area contributed by atoms with E-state index in [9.17, 15) is 18.7 Å². The van der Waals surface area contributed by atoms with E-state index in [-0.39, 0.29) is 12.5 Å². The van der Waals surface area contributed by atoms with Crippen LogP contribution in [0.5, 0.6) is 0 Å². The van der Waals surface area contributed by atoms with Crippen molar-refractivity contribution >= 4 is 17.2 Å². The van der Waals surface area contributed by atoms with Gasteiger partial charge in [0.1, 0.15) is 17.7 Å². The van der Waals surface area contributed by atoms with Crippen molar-refractivity contribution in [1.29, 1.82) is 0 Å². The molecule has 0 radical (unpaired) electrons. The van der Waals surface area contributed by atoms with Gasteiger partial charge in [-0.3, -0.25) is 4.79 Å². The molecule has 1 atom stereocenters. The molecule has 0 fully saturated rings. The fourth-order valence-corrected chi connectivity index (χ4v) is 3.53. The van der Waals surface area contributed by atoms with Crippen LogP contribution in [-0.2, 0) is 17.8 Å². The molecule has 2 heterocycles. The molecule has 1 aliphatic heterocycles. The molecule has 1 aromatic heterocycles. The number of carbonyl (C=O) groups is 1. The smallest absolute Gasteiger partial charge is 0.261 e. The van der Waals surface area contributed by atoms with E-state index >= 15 is 0 Å². The number of fused-ring (bicyclic) bond motifs is 1. The summed E-state index contributed by atoms with van der Waals surface area (Å²) in [4.78, 5) is 13.7. The highest BCUT2D eigenvalue weighted by Gasteiger charge is 2.21. The van der Waals surface area contributed by atoms with E-state index in [1.165, 1.54) is 17.4 Å². The van der Waals surface area contributed by atoms with Crippen molar-refractivity contribution in [2.24, 2.45) is 0 Å². The number of hydrogen-bond acceptors (Lipinski definition) is 4. The molecule has 0 saturated heterocycles. The first kappa shape index (κ1) is 16.0. The maximum Gasteiger partial charge on any atom is 0.261 e. The minimum absolute atomic E-state index is 0.268. The fourth-order valence-electron chi connectivity index (χ4n) is 2.47. The van der Waals surface area contributed by atoms with Crippen LogP contribution in [0.4, 0.5) is 8.78 Å². The highest BCUT2D eigenvalue weighted by atomic mass is 32.1. The number of halogens is 2.